The minimum Gasteiger partial charge on any atom is -0.354 e. The fourth-order valence-electron chi connectivity index (χ4n) is 3.49. The van der Waals surface area contributed by atoms with E-state index in [4.69, 9.17) is 0 Å². The van der Waals surface area contributed by atoms with Crippen LogP contribution in [-0.2, 0) is 17.9 Å². The van der Waals surface area contributed by atoms with Crippen molar-refractivity contribution in [2.24, 2.45) is 4.99 Å². The molecule has 2 N–H and O–H groups in total. The standard InChI is InChI=1S/C22H36N4O.HI/c1-4-5-6-7-10-18(2)25-22(23-3)24-16-19-11-8-12-20(15-19)17-26-14-9-13-21(26)27;/h8,11-12,15,18H,4-7,9-10,13-14,16-17H2,1-3H3,(H2,23,24,25);1H. The summed E-state index contributed by atoms with van der Waals surface area (Å²) in [5, 5.41) is 6.89. The number of aliphatic imine (C=N–C) groups is 1. The Bertz CT molecular complexity index is 620. The van der Waals surface area contributed by atoms with Crippen molar-refractivity contribution in [1.29, 1.82) is 0 Å². The maximum Gasteiger partial charge on any atom is 0.222 e. The fourth-order valence-corrected chi connectivity index (χ4v) is 3.49. The first-order chi connectivity index (χ1) is 13.1. The summed E-state index contributed by atoms with van der Waals surface area (Å²) in [5.74, 6) is 1.12. The number of guanidine groups is 1. The summed E-state index contributed by atoms with van der Waals surface area (Å²) in [7, 11) is 1.81. The number of amides is 1. The van der Waals surface area contributed by atoms with E-state index in [0.29, 0.717) is 19.0 Å². The van der Waals surface area contributed by atoms with Crippen molar-refractivity contribution in [2.75, 3.05) is 13.6 Å². The van der Waals surface area contributed by atoms with Crippen molar-refractivity contribution in [3.8, 4) is 0 Å². The van der Waals surface area contributed by atoms with Gasteiger partial charge in [-0.1, -0.05) is 56.9 Å². The largest absolute Gasteiger partial charge is 0.354 e. The van der Waals surface area contributed by atoms with Gasteiger partial charge in [0, 0.05) is 39.1 Å². The van der Waals surface area contributed by atoms with Gasteiger partial charge >= 0.3 is 0 Å². The Labute approximate surface area is 187 Å². The van der Waals surface area contributed by atoms with Crippen LogP contribution in [-0.4, -0.2) is 36.4 Å². The van der Waals surface area contributed by atoms with E-state index in [0.717, 1.165) is 25.5 Å². The number of likely N-dealkylation sites (tertiary alicyclic amines) is 1. The molecule has 0 spiro atoms. The van der Waals surface area contributed by atoms with E-state index in [2.05, 4.69) is 53.7 Å². The predicted molar refractivity (Wildman–Crippen MR) is 128 cm³/mol. The molecular weight excluding hydrogens is 463 g/mol. The van der Waals surface area contributed by atoms with E-state index in [1.165, 1.54) is 43.2 Å². The van der Waals surface area contributed by atoms with Crippen LogP contribution in [0.2, 0.25) is 0 Å². The molecule has 2 rings (SSSR count). The van der Waals surface area contributed by atoms with E-state index in [9.17, 15) is 4.79 Å². The minimum absolute atomic E-state index is 0. The van der Waals surface area contributed by atoms with E-state index in [-0.39, 0.29) is 29.9 Å². The first kappa shape index (κ1) is 24.7. The summed E-state index contributed by atoms with van der Waals surface area (Å²) in [6.45, 7) is 6.78. The molecular formula is C22H37IN4O. The van der Waals surface area contributed by atoms with Crippen molar-refractivity contribution in [1.82, 2.24) is 15.5 Å². The van der Waals surface area contributed by atoms with Gasteiger partial charge in [-0.25, -0.2) is 0 Å². The zero-order valence-electron chi connectivity index (χ0n) is 17.7. The molecule has 1 atom stereocenters. The van der Waals surface area contributed by atoms with Crippen LogP contribution >= 0.6 is 24.0 Å². The number of unbranched alkanes of at least 4 members (excludes halogenated alkanes) is 3. The Hall–Kier alpha value is -1.31. The van der Waals surface area contributed by atoms with Crippen molar-refractivity contribution >= 4 is 35.8 Å². The van der Waals surface area contributed by atoms with E-state index in [1.807, 2.05) is 11.9 Å². The van der Waals surface area contributed by atoms with Crippen molar-refractivity contribution < 1.29 is 4.79 Å². The van der Waals surface area contributed by atoms with Gasteiger partial charge in [-0.05, 0) is 30.9 Å². The predicted octanol–water partition coefficient (Wildman–Crippen LogP) is 4.45. The number of nitrogens with zero attached hydrogens (tertiary/aromatic N) is 2. The molecule has 28 heavy (non-hydrogen) atoms. The van der Waals surface area contributed by atoms with Crippen LogP contribution in [0.1, 0.15) is 69.9 Å². The normalized spacial score (nSPS) is 15.3. The molecule has 0 radical (unpaired) electrons. The average Bonchev–Trinajstić information content (AvgIpc) is 3.07. The maximum absolute atomic E-state index is 11.8. The third kappa shape index (κ3) is 8.80. The topological polar surface area (TPSA) is 56.7 Å². The van der Waals surface area contributed by atoms with Gasteiger partial charge in [-0.2, -0.15) is 0 Å². The number of carbonyl (C=O) groups is 1. The molecule has 1 fully saturated rings. The Kier molecular flexibility index (Phi) is 12.2. The molecule has 1 aliphatic heterocycles. The molecule has 0 saturated carbocycles. The lowest BCUT2D eigenvalue weighted by Gasteiger charge is -2.19. The lowest BCUT2D eigenvalue weighted by Crippen LogP contribution is -2.41. The number of hydrogen-bond acceptors (Lipinski definition) is 2. The first-order valence-electron chi connectivity index (χ1n) is 10.4. The smallest absolute Gasteiger partial charge is 0.222 e. The minimum atomic E-state index is 0. The van der Waals surface area contributed by atoms with Gasteiger partial charge in [-0.15, -0.1) is 24.0 Å². The highest BCUT2D eigenvalue weighted by atomic mass is 127. The zero-order valence-corrected chi connectivity index (χ0v) is 20.0. The average molecular weight is 500 g/mol. The van der Waals surface area contributed by atoms with E-state index >= 15 is 0 Å². The van der Waals surface area contributed by atoms with Gasteiger partial charge < -0.3 is 15.5 Å². The molecule has 0 bridgehead atoms. The summed E-state index contributed by atoms with van der Waals surface area (Å²) in [6, 6.07) is 8.88. The lowest BCUT2D eigenvalue weighted by molar-refractivity contribution is -0.128. The monoisotopic (exact) mass is 500 g/mol. The maximum atomic E-state index is 11.8. The molecule has 158 valence electrons. The molecule has 1 aromatic carbocycles. The Morgan fingerprint density at radius 1 is 1.25 bits per heavy atom. The van der Waals surface area contributed by atoms with Crippen molar-refractivity contribution in [3.63, 3.8) is 0 Å². The second kappa shape index (κ2) is 13.8. The first-order valence-corrected chi connectivity index (χ1v) is 10.4. The highest BCUT2D eigenvalue weighted by Gasteiger charge is 2.19. The molecule has 1 saturated heterocycles. The Balaban J connectivity index is 0.00000392. The number of rotatable bonds is 10. The highest BCUT2D eigenvalue weighted by Crippen LogP contribution is 2.15. The number of hydrogen-bond donors (Lipinski definition) is 2. The number of benzene rings is 1. The highest BCUT2D eigenvalue weighted by molar-refractivity contribution is 14.0. The second-order valence-corrected chi connectivity index (χ2v) is 7.56. The summed E-state index contributed by atoms with van der Waals surface area (Å²) >= 11 is 0. The second-order valence-electron chi connectivity index (χ2n) is 7.56. The van der Waals surface area contributed by atoms with Crippen LogP contribution in [0.4, 0.5) is 0 Å². The molecule has 0 aromatic heterocycles. The summed E-state index contributed by atoms with van der Waals surface area (Å²) < 4.78 is 0. The number of nitrogens with one attached hydrogen (secondary N) is 2. The van der Waals surface area contributed by atoms with Gasteiger partial charge in [-0.3, -0.25) is 9.79 Å². The fraction of sp³-hybridized carbons (Fsp3) is 0.636. The third-order valence-electron chi connectivity index (χ3n) is 5.09. The third-order valence-corrected chi connectivity index (χ3v) is 5.09. The van der Waals surface area contributed by atoms with Gasteiger partial charge in [0.25, 0.3) is 0 Å². The molecule has 1 amide bonds. The molecule has 6 heteroatoms. The quantitative estimate of drug-likeness (QED) is 0.216. The molecule has 1 aliphatic rings. The molecule has 1 unspecified atom stereocenters. The van der Waals surface area contributed by atoms with Crippen LogP contribution in [0.15, 0.2) is 29.3 Å². The van der Waals surface area contributed by atoms with Gasteiger partial charge in [0.2, 0.25) is 5.91 Å². The Morgan fingerprint density at radius 2 is 2.04 bits per heavy atom. The summed E-state index contributed by atoms with van der Waals surface area (Å²) in [6.07, 6.45) is 8.00. The number of carbonyl (C=O) groups excluding carboxylic acids is 1. The molecule has 1 heterocycles. The van der Waals surface area contributed by atoms with Crippen LogP contribution in [0.5, 0.6) is 0 Å². The SMILES string of the molecule is CCCCCCC(C)NC(=NC)NCc1cccc(CN2CCCC2=O)c1.I. The van der Waals surface area contributed by atoms with Crippen LogP contribution < -0.4 is 10.6 Å². The lowest BCUT2D eigenvalue weighted by atomic mass is 10.1. The zero-order chi connectivity index (χ0) is 19.5. The van der Waals surface area contributed by atoms with Crippen LogP contribution in [0.25, 0.3) is 0 Å². The molecule has 1 aromatic rings. The molecule has 0 aliphatic carbocycles. The molecule has 5 nitrogen and oxygen atoms in total. The van der Waals surface area contributed by atoms with Crippen molar-refractivity contribution in [2.45, 2.75) is 77.9 Å². The van der Waals surface area contributed by atoms with Gasteiger partial charge in [0.15, 0.2) is 5.96 Å². The Morgan fingerprint density at radius 3 is 2.71 bits per heavy atom. The van der Waals surface area contributed by atoms with Crippen LogP contribution in [0.3, 0.4) is 0 Å². The van der Waals surface area contributed by atoms with Crippen molar-refractivity contribution in [3.05, 3.63) is 35.4 Å². The van der Waals surface area contributed by atoms with Gasteiger partial charge in [0.1, 0.15) is 0 Å². The van der Waals surface area contributed by atoms with Gasteiger partial charge in [0.05, 0.1) is 0 Å². The number of halogens is 1. The van der Waals surface area contributed by atoms with Crippen LogP contribution in [0, 0.1) is 0 Å². The summed E-state index contributed by atoms with van der Waals surface area (Å²) in [5.41, 5.74) is 2.40. The summed E-state index contributed by atoms with van der Waals surface area (Å²) in [4.78, 5) is 18.1. The van der Waals surface area contributed by atoms with E-state index < -0.39 is 0 Å². The van der Waals surface area contributed by atoms with E-state index in [1.54, 1.807) is 0 Å².